The van der Waals surface area contributed by atoms with Gasteiger partial charge in [0.2, 0.25) is 5.91 Å². The van der Waals surface area contributed by atoms with Gasteiger partial charge in [-0.05, 0) is 46.9 Å². The Morgan fingerprint density at radius 2 is 1.77 bits per heavy atom. The van der Waals surface area contributed by atoms with E-state index in [1.807, 2.05) is 66.7 Å². The molecule has 30 heavy (non-hydrogen) atoms. The average Bonchev–Trinajstić information content (AvgIpc) is 3.26. The summed E-state index contributed by atoms with van der Waals surface area (Å²) in [6.45, 7) is -0.294. The minimum atomic E-state index is -1.05. The largest absolute Gasteiger partial charge is 0.325 e. The van der Waals surface area contributed by atoms with E-state index in [4.69, 9.17) is 0 Å². The molecule has 1 saturated heterocycles. The van der Waals surface area contributed by atoms with Crippen LogP contribution in [0, 0.1) is 0 Å². The van der Waals surface area contributed by atoms with Crippen LogP contribution < -0.4 is 10.2 Å². The quantitative estimate of drug-likeness (QED) is 0.688. The maximum atomic E-state index is 13.2. The Hall–Kier alpha value is -3.67. The summed E-state index contributed by atoms with van der Waals surface area (Å²) in [4.78, 5) is 41.4. The zero-order valence-electron chi connectivity index (χ0n) is 16.6. The summed E-state index contributed by atoms with van der Waals surface area (Å²) in [6.07, 6.45) is 1.24. The van der Waals surface area contributed by atoms with Crippen molar-refractivity contribution in [2.24, 2.45) is 0 Å². The van der Waals surface area contributed by atoms with Crippen LogP contribution in [0.1, 0.15) is 17.5 Å². The van der Waals surface area contributed by atoms with E-state index in [0.717, 1.165) is 33.2 Å². The van der Waals surface area contributed by atoms with E-state index >= 15 is 0 Å². The number of likely N-dealkylation sites (N-methyl/N-ethyl adjacent to an activating group) is 1. The van der Waals surface area contributed by atoms with Crippen LogP contribution in [0.15, 0.2) is 66.7 Å². The molecule has 1 aliphatic carbocycles. The number of nitrogens with one attached hydrogen (secondary N) is 1. The number of amides is 4. The third-order valence-corrected chi connectivity index (χ3v) is 6.21. The Bertz CT molecular complexity index is 1210. The van der Waals surface area contributed by atoms with Gasteiger partial charge in [-0.2, -0.15) is 0 Å². The van der Waals surface area contributed by atoms with Crippen LogP contribution in [0.2, 0.25) is 0 Å². The smallest absolute Gasteiger partial charge is 0.319 e. The molecule has 0 radical (unpaired) electrons. The van der Waals surface area contributed by atoms with Crippen molar-refractivity contribution in [2.75, 3.05) is 18.5 Å². The lowest BCUT2D eigenvalue weighted by molar-refractivity contribution is -0.134. The molecule has 1 unspecified atom stereocenters. The summed E-state index contributed by atoms with van der Waals surface area (Å²) in [5, 5.41) is 4.96. The third-order valence-electron chi connectivity index (χ3n) is 6.21. The Morgan fingerprint density at radius 1 is 1.03 bits per heavy atom. The molecule has 1 spiro atoms. The van der Waals surface area contributed by atoms with Crippen LogP contribution in [-0.4, -0.2) is 36.3 Å². The van der Waals surface area contributed by atoms with Crippen molar-refractivity contribution in [3.8, 4) is 0 Å². The number of imide groups is 1. The van der Waals surface area contributed by atoms with Gasteiger partial charge in [0.05, 0.1) is 0 Å². The van der Waals surface area contributed by atoms with Crippen molar-refractivity contribution in [1.29, 1.82) is 0 Å². The molecule has 5 rings (SSSR count). The third kappa shape index (κ3) is 2.68. The van der Waals surface area contributed by atoms with E-state index in [1.165, 1.54) is 4.90 Å². The number of anilines is 1. The minimum absolute atomic E-state index is 0.294. The lowest BCUT2D eigenvalue weighted by atomic mass is 9.92. The van der Waals surface area contributed by atoms with E-state index in [0.29, 0.717) is 12.1 Å². The normalized spacial score (nSPS) is 20.0. The topological polar surface area (TPSA) is 69.7 Å². The van der Waals surface area contributed by atoms with Crippen molar-refractivity contribution >= 4 is 34.3 Å². The van der Waals surface area contributed by atoms with Gasteiger partial charge in [-0.25, -0.2) is 4.79 Å². The predicted octanol–water partition coefficient (Wildman–Crippen LogP) is 3.20. The number of urea groups is 1. The Morgan fingerprint density at radius 3 is 2.60 bits per heavy atom. The predicted molar refractivity (Wildman–Crippen MR) is 114 cm³/mol. The fraction of sp³-hybridized carbons (Fsp3) is 0.208. The number of carbonyl (C=O) groups excluding carboxylic acids is 3. The molecule has 3 aromatic rings. The zero-order valence-corrected chi connectivity index (χ0v) is 16.6. The number of aryl methyl sites for hydroxylation is 1. The highest BCUT2D eigenvalue weighted by Gasteiger charge is 2.55. The van der Waals surface area contributed by atoms with Crippen LogP contribution in [0.25, 0.3) is 10.8 Å². The number of nitrogens with zero attached hydrogens (tertiary/aromatic N) is 2. The van der Waals surface area contributed by atoms with Crippen LogP contribution in [0.4, 0.5) is 10.5 Å². The van der Waals surface area contributed by atoms with Crippen LogP contribution in [0.3, 0.4) is 0 Å². The van der Waals surface area contributed by atoms with E-state index in [-0.39, 0.29) is 18.4 Å². The van der Waals surface area contributed by atoms with Crippen molar-refractivity contribution < 1.29 is 14.4 Å². The van der Waals surface area contributed by atoms with Crippen LogP contribution in [-0.2, 0) is 21.5 Å². The molecule has 3 aromatic carbocycles. The molecule has 0 bridgehead atoms. The van der Waals surface area contributed by atoms with E-state index in [1.54, 1.807) is 7.05 Å². The zero-order chi connectivity index (χ0) is 20.9. The van der Waals surface area contributed by atoms with Gasteiger partial charge in [0.1, 0.15) is 12.1 Å². The molecule has 6 heteroatoms. The minimum Gasteiger partial charge on any atom is -0.319 e. The lowest BCUT2D eigenvalue weighted by Gasteiger charge is -2.23. The summed E-state index contributed by atoms with van der Waals surface area (Å²) in [6, 6.07) is 20.8. The van der Waals surface area contributed by atoms with E-state index in [9.17, 15) is 14.4 Å². The highest BCUT2D eigenvalue weighted by Crippen LogP contribution is 2.41. The van der Waals surface area contributed by atoms with Crippen LogP contribution >= 0.6 is 0 Å². The second-order valence-corrected chi connectivity index (χ2v) is 7.87. The van der Waals surface area contributed by atoms with Gasteiger partial charge in [0, 0.05) is 12.7 Å². The first-order valence-corrected chi connectivity index (χ1v) is 9.97. The number of hydrogen-bond donors (Lipinski definition) is 1. The molecule has 0 saturated carbocycles. The van der Waals surface area contributed by atoms with Gasteiger partial charge in [-0.3, -0.25) is 14.5 Å². The Labute approximate surface area is 174 Å². The van der Waals surface area contributed by atoms with Crippen LogP contribution in [0.5, 0.6) is 0 Å². The number of hydrogen-bond acceptors (Lipinski definition) is 3. The Kier molecular flexibility index (Phi) is 4.10. The molecule has 1 heterocycles. The maximum absolute atomic E-state index is 13.2. The number of fused-ring (bicyclic) bond motifs is 3. The first-order chi connectivity index (χ1) is 14.5. The fourth-order valence-corrected chi connectivity index (χ4v) is 4.50. The van der Waals surface area contributed by atoms with Gasteiger partial charge in [-0.1, -0.05) is 54.6 Å². The molecule has 1 fully saturated rings. The fourth-order valence-electron chi connectivity index (χ4n) is 4.50. The van der Waals surface area contributed by atoms with E-state index in [2.05, 4.69) is 5.32 Å². The monoisotopic (exact) mass is 399 g/mol. The van der Waals surface area contributed by atoms with Gasteiger partial charge < -0.3 is 10.2 Å². The summed E-state index contributed by atoms with van der Waals surface area (Å²) >= 11 is 0. The molecular formula is C24H21N3O3. The van der Waals surface area contributed by atoms with E-state index < -0.39 is 11.6 Å². The van der Waals surface area contributed by atoms with Crippen molar-refractivity contribution in [3.63, 3.8) is 0 Å². The molecular weight excluding hydrogens is 378 g/mol. The summed E-state index contributed by atoms with van der Waals surface area (Å²) in [7, 11) is 1.66. The molecule has 1 N–H and O–H groups in total. The highest BCUT2D eigenvalue weighted by molar-refractivity contribution is 6.11. The second-order valence-electron chi connectivity index (χ2n) is 7.87. The number of benzene rings is 3. The summed E-state index contributed by atoms with van der Waals surface area (Å²) < 4.78 is 0. The number of rotatable bonds is 3. The molecule has 1 atom stereocenters. The molecule has 0 aromatic heterocycles. The lowest BCUT2D eigenvalue weighted by Crippen LogP contribution is -2.44. The summed E-state index contributed by atoms with van der Waals surface area (Å²) in [5.41, 5.74) is 1.57. The first kappa shape index (κ1) is 18.4. The highest BCUT2D eigenvalue weighted by atomic mass is 16.2. The van der Waals surface area contributed by atoms with Gasteiger partial charge >= 0.3 is 6.03 Å². The van der Waals surface area contributed by atoms with Crippen molar-refractivity contribution in [1.82, 2.24) is 10.2 Å². The van der Waals surface area contributed by atoms with Crippen molar-refractivity contribution in [3.05, 3.63) is 77.9 Å². The molecule has 4 amide bonds. The second kappa shape index (κ2) is 6.69. The first-order valence-electron chi connectivity index (χ1n) is 9.97. The Balaban J connectivity index is 1.38. The van der Waals surface area contributed by atoms with Gasteiger partial charge in [0.25, 0.3) is 5.91 Å². The van der Waals surface area contributed by atoms with Gasteiger partial charge in [0.15, 0.2) is 0 Å². The number of carbonyl (C=O) groups is 3. The molecule has 6 nitrogen and oxygen atoms in total. The summed E-state index contributed by atoms with van der Waals surface area (Å²) in [5.74, 6) is -0.671. The standard InChI is InChI=1S/C24H21N3O3/c1-26(19-11-10-16-6-2-3-8-18(16)14-19)21(28)15-27-22(29)24(25-23(27)30)13-12-17-7-4-5-9-20(17)24/h2-11,14H,12-13,15H2,1H3,(H,25,30). The molecule has 150 valence electrons. The molecule has 1 aliphatic heterocycles. The molecule has 2 aliphatic rings. The average molecular weight is 399 g/mol. The maximum Gasteiger partial charge on any atom is 0.325 e. The SMILES string of the molecule is CN(C(=O)CN1C(=O)NC2(CCc3ccccc32)C1=O)c1ccc2ccccc2c1. The van der Waals surface area contributed by atoms with Gasteiger partial charge in [-0.15, -0.1) is 0 Å². The van der Waals surface area contributed by atoms with Crippen molar-refractivity contribution in [2.45, 2.75) is 18.4 Å².